The van der Waals surface area contributed by atoms with Crippen LogP contribution in [0.4, 0.5) is 11.4 Å². The quantitative estimate of drug-likeness (QED) is 0.657. The van der Waals surface area contributed by atoms with E-state index in [1.54, 1.807) is 7.05 Å². The summed E-state index contributed by atoms with van der Waals surface area (Å²) in [4.78, 5) is 23.4. The van der Waals surface area contributed by atoms with Crippen LogP contribution in [0, 0.1) is 10.1 Å². The average molecular weight is 246 g/mol. The van der Waals surface area contributed by atoms with E-state index in [9.17, 15) is 14.9 Å². The van der Waals surface area contributed by atoms with Crippen molar-refractivity contribution in [2.24, 2.45) is 0 Å². The van der Waals surface area contributed by atoms with Crippen molar-refractivity contribution in [3.8, 4) is 0 Å². The first-order chi connectivity index (χ1) is 8.59. The van der Waals surface area contributed by atoms with Gasteiger partial charge in [0.2, 0.25) is 0 Å². The van der Waals surface area contributed by atoms with Gasteiger partial charge < -0.3 is 4.90 Å². The highest BCUT2D eigenvalue weighted by atomic mass is 16.6. The molecular formula is C11H10N4O3. The Kier molecular flexibility index (Phi) is 3.05. The maximum absolute atomic E-state index is 12.0. The lowest BCUT2D eigenvalue weighted by Gasteiger charge is -2.15. The van der Waals surface area contributed by atoms with Gasteiger partial charge in [-0.2, -0.15) is 5.10 Å². The molecule has 2 rings (SSSR count). The monoisotopic (exact) mass is 246 g/mol. The summed E-state index contributed by atoms with van der Waals surface area (Å²) in [6, 6.07) is 5.76. The van der Waals surface area contributed by atoms with Gasteiger partial charge in [0.05, 0.1) is 16.7 Å². The highest BCUT2D eigenvalue weighted by molar-refractivity contribution is 6.05. The Bertz CT molecular complexity index is 562. The topological polar surface area (TPSA) is 92.1 Å². The Morgan fingerprint density at radius 1 is 1.39 bits per heavy atom. The van der Waals surface area contributed by atoms with Crippen molar-refractivity contribution in [2.75, 3.05) is 11.9 Å². The first kappa shape index (κ1) is 11.8. The van der Waals surface area contributed by atoms with E-state index < -0.39 is 4.92 Å². The van der Waals surface area contributed by atoms with Crippen molar-refractivity contribution in [3.63, 3.8) is 0 Å². The molecule has 0 saturated heterocycles. The number of aromatic nitrogens is 2. The first-order valence-electron chi connectivity index (χ1n) is 5.11. The fourth-order valence-electron chi connectivity index (χ4n) is 1.48. The van der Waals surface area contributed by atoms with Crippen LogP contribution in [0.3, 0.4) is 0 Å². The summed E-state index contributed by atoms with van der Waals surface area (Å²) in [6.07, 6.45) is 2.91. The molecule has 18 heavy (non-hydrogen) atoms. The number of H-pyrrole nitrogens is 1. The number of non-ortho nitro benzene ring substituents is 1. The molecule has 7 heteroatoms. The van der Waals surface area contributed by atoms with Crippen LogP contribution in [0.1, 0.15) is 10.4 Å². The predicted molar refractivity (Wildman–Crippen MR) is 64.4 cm³/mol. The molecule has 1 aromatic carbocycles. The van der Waals surface area contributed by atoms with Crippen molar-refractivity contribution in [1.29, 1.82) is 0 Å². The minimum absolute atomic E-state index is 0.0112. The van der Waals surface area contributed by atoms with Crippen LogP contribution in [-0.2, 0) is 0 Å². The van der Waals surface area contributed by atoms with E-state index in [0.717, 1.165) is 0 Å². The molecule has 0 spiro atoms. The highest BCUT2D eigenvalue weighted by Gasteiger charge is 2.15. The van der Waals surface area contributed by atoms with Gasteiger partial charge in [0.15, 0.2) is 0 Å². The number of hydrogen-bond acceptors (Lipinski definition) is 4. The number of nitro benzene ring substituents is 1. The van der Waals surface area contributed by atoms with Gasteiger partial charge in [-0.25, -0.2) is 0 Å². The van der Waals surface area contributed by atoms with Gasteiger partial charge in [0.1, 0.15) is 0 Å². The summed E-state index contributed by atoms with van der Waals surface area (Å²) in [6.45, 7) is 0. The number of hydrogen-bond donors (Lipinski definition) is 1. The summed E-state index contributed by atoms with van der Waals surface area (Å²) in [5.41, 5.74) is 0.991. The van der Waals surface area contributed by atoms with Crippen LogP contribution in [0.25, 0.3) is 0 Å². The largest absolute Gasteiger partial charge is 0.311 e. The van der Waals surface area contributed by atoms with Gasteiger partial charge >= 0.3 is 0 Å². The molecule has 0 aliphatic heterocycles. The first-order valence-corrected chi connectivity index (χ1v) is 5.11. The zero-order valence-electron chi connectivity index (χ0n) is 9.53. The molecule has 1 aromatic heterocycles. The summed E-state index contributed by atoms with van der Waals surface area (Å²) >= 11 is 0. The summed E-state index contributed by atoms with van der Waals surface area (Å²) in [7, 11) is 1.59. The minimum Gasteiger partial charge on any atom is -0.311 e. The molecular weight excluding hydrogens is 236 g/mol. The third-order valence-electron chi connectivity index (χ3n) is 2.50. The van der Waals surface area contributed by atoms with E-state index in [0.29, 0.717) is 11.3 Å². The number of anilines is 1. The van der Waals surface area contributed by atoms with Crippen LogP contribution in [0.15, 0.2) is 36.7 Å². The van der Waals surface area contributed by atoms with Crippen LogP contribution < -0.4 is 4.90 Å². The van der Waals surface area contributed by atoms with Crippen molar-refractivity contribution < 1.29 is 9.72 Å². The summed E-state index contributed by atoms with van der Waals surface area (Å²) in [5, 5.41) is 16.8. The predicted octanol–water partition coefficient (Wildman–Crippen LogP) is 1.59. The minimum atomic E-state index is -0.484. The fourth-order valence-corrected chi connectivity index (χ4v) is 1.48. The number of nitro groups is 1. The molecule has 2 aromatic rings. The zero-order chi connectivity index (χ0) is 13.1. The molecule has 0 unspecified atom stereocenters. The van der Waals surface area contributed by atoms with Gasteiger partial charge in [-0.3, -0.25) is 20.0 Å². The number of carbonyl (C=O) groups excluding carboxylic acids is 1. The molecule has 0 radical (unpaired) electrons. The van der Waals surface area contributed by atoms with Gasteiger partial charge in [-0.15, -0.1) is 0 Å². The third-order valence-corrected chi connectivity index (χ3v) is 2.50. The fraction of sp³-hybridized carbons (Fsp3) is 0.0909. The van der Waals surface area contributed by atoms with Gasteiger partial charge in [0.25, 0.3) is 11.6 Å². The lowest BCUT2D eigenvalue weighted by atomic mass is 10.2. The van der Waals surface area contributed by atoms with E-state index in [2.05, 4.69) is 10.2 Å². The van der Waals surface area contributed by atoms with Crippen LogP contribution >= 0.6 is 0 Å². The Hall–Kier alpha value is -2.70. The molecule has 7 nitrogen and oxygen atoms in total. The Labute approximate surface area is 102 Å². The summed E-state index contributed by atoms with van der Waals surface area (Å²) in [5.74, 6) is -0.238. The second-order valence-corrected chi connectivity index (χ2v) is 3.62. The van der Waals surface area contributed by atoms with Crippen molar-refractivity contribution in [2.45, 2.75) is 0 Å². The maximum atomic E-state index is 12.0. The summed E-state index contributed by atoms with van der Waals surface area (Å²) < 4.78 is 0. The van der Waals surface area contributed by atoms with Crippen LogP contribution in [0.2, 0.25) is 0 Å². The van der Waals surface area contributed by atoms with E-state index >= 15 is 0 Å². The van der Waals surface area contributed by atoms with E-state index in [1.165, 1.54) is 41.6 Å². The second kappa shape index (κ2) is 4.66. The number of amides is 1. The number of rotatable bonds is 3. The van der Waals surface area contributed by atoms with E-state index in [4.69, 9.17) is 0 Å². The lowest BCUT2D eigenvalue weighted by molar-refractivity contribution is -0.384. The molecule has 0 bridgehead atoms. The van der Waals surface area contributed by atoms with E-state index in [1.807, 2.05) is 0 Å². The molecule has 0 fully saturated rings. The molecule has 1 N–H and O–H groups in total. The Balaban J connectivity index is 2.21. The van der Waals surface area contributed by atoms with Crippen LogP contribution in [-0.4, -0.2) is 28.1 Å². The standard InChI is InChI=1S/C11H10N4O3/c1-14(11(16)8-6-12-13-7-8)9-2-4-10(5-3-9)15(17)18/h2-7H,1H3,(H,12,13). The number of carbonyl (C=O) groups is 1. The van der Waals surface area contributed by atoms with Crippen LogP contribution in [0.5, 0.6) is 0 Å². The average Bonchev–Trinajstić information content (AvgIpc) is 2.91. The zero-order valence-corrected chi connectivity index (χ0v) is 9.53. The normalized spacial score (nSPS) is 10.1. The van der Waals surface area contributed by atoms with Gasteiger partial charge in [-0.05, 0) is 12.1 Å². The number of aromatic amines is 1. The smallest absolute Gasteiger partial charge is 0.269 e. The molecule has 1 heterocycles. The van der Waals surface area contributed by atoms with Gasteiger partial charge in [-0.1, -0.05) is 0 Å². The highest BCUT2D eigenvalue weighted by Crippen LogP contribution is 2.19. The van der Waals surface area contributed by atoms with E-state index in [-0.39, 0.29) is 11.6 Å². The SMILES string of the molecule is CN(C(=O)c1cn[nH]c1)c1ccc([N+](=O)[O-])cc1. The molecule has 0 aliphatic rings. The van der Waals surface area contributed by atoms with Crippen molar-refractivity contribution in [3.05, 3.63) is 52.3 Å². The van der Waals surface area contributed by atoms with Crippen molar-refractivity contribution in [1.82, 2.24) is 10.2 Å². The maximum Gasteiger partial charge on any atom is 0.269 e. The molecule has 0 atom stereocenters. The third kappa shape index (κ3) is 2.19. The second-order valence-electron chi connectivity index (χ2n) is 3.62. The molecule has 92 valence electrons. The number of benzene rings is 1. The number of nitrogens with zero attached hydrogens (tertiary/aromatic N) is 3. The number of nitrogens with one attached hydrogen (secondary N) is 1. The Morgan fingerprint density at radius 3 is 2.56 bits per heavy atom. The molecule has 1 amide bonds. The molecule has 0 saturated carbocycles. The molecule has 0 aliphatic carbocycles. The lowest BCUT2D eigenvalue weighted by Crippen LogP contribution is -2.25. The van der Waals surface area contributed by atoms with Crippen molar-refractivity contribution >= 4 is 17.3 Å². The van der Waals surface area contributed by atoms with Gasteiger partial charge in [0, 0.05) is 31.1 Å². The Morgan fingerprint density at radius 2 is 2.06 bits per heavy atom.